The molecule has 0 spiro atoms. The van der Waals surface area contributed by atoms with Crippen molar-refractivity contribution in [1.29, 1.82) is 0 Å². The van der Waals surface area contributed by atoms with E-state index in [1.54, 1.807) is 12.1 Å². The molecule has 0 fully saturated rings. The van der Waals surface area contributed by atoms with Crippen molar-refractivity contribution in [2.45, 2.75) is 25.5 Å². The smallest absolute Gasteiger partial charge is 0.165 e. The Morgan fingerprint density at radius 2 is 1.71 bits per heavy atom. The Kier molecular flexibility index (Phi) is 5.79. The van der Waals surface area contributed by atoms with Crippen molar-refractivity contribution < 1.29 is 9.13 Å². The molecule has 2 aromatic carbocycles. The molecule has 112 valence electrons. The number of benzene rings is 2. The SMILES string of the molecule is CCC(N)C(Oc1cc(Br)ccc1F)c1ccc(Br)cc1. The zero-order valence-corrected chi connectivity index (χ0v) is 14.7. The topological polar surface area (TPSA) is 35.2 Å². The summed E-state index contributed by atoms with van der Waals surface area (Å²) in [7, 11) is 0. The molecule has 0 aliphatic heterocycles. The van der Waals surface area contributed by atoms with Gasteiger partial charge in [-0.3, -0.25) is 0 Å². The quantitative estimate of drug-likeness (QED) is 0.726. The largest absolute Gasteiger partial charge is 0.481 e. The van der Waals surface area contributed by atoms with Crippen LogP contribution in [0.2, 0.25) is 0 Å². The van der Waals surface area contributed by atoms with Crippen molar-refractivity contribution in [1.82, 2.24) is 0 Å². The van der Waals surface area contributed by atoms with E-state index in [0.717, 1.165) is 20.9 Å². The molecule has 0 aromatic heterocycles. The summed E-state index contributed by atoms with van der Waals surface area (Å²) in [5, 5.41) is 0. The first-order valence-electron chi connectivity index (χ1n) is 6.64. The van der Waals surface area contributed by atoms with E-state index in [-0.39, 0.29) is 11.8 Å². The van der Waals surface area contributed by atoms with Gasteiger partial charge in [-0.05, 0) is 42.3 Å². The van der Waals surface area contributed by atoms with Gasteiger partial charge in [0.15, 0.2) is 11.6 Å². The maximum Gasteiger partial charge on any atom is 0.165 e. The lowest BCUT2D eigenvalue weighted by Gasteiger charge is -2.25. The molecule has 2 aromatic rings. The zero-order chi connectivity index (χ0) is 15.4. The molecule has 0 bridgehead atoms. The van der Waals surface area contributed by atoms with Gasteiger partial charge < -0.3 is 10.5 Å². The number of ether oxygens (including phenoxy) is 1. The summed E-state index contributed by atoms with van der Waals surface area (Å²) in [5.41, 5.74) is 7.08. The molecule has 0 heterocycles. The fourth-order valence-corrected chi connectivity index (χ4v) is 2.58. The molecule has 2 N–H and O–H groups in total. The van der Waals surface area contributed by atoms with Crippen molar-refractivity contribution in [3.05, 3.63) is 62.8 Å². The predicted octanol–water partition coefficient (Wildman–Crippen LogP) is 5.21. The van der Waals surface area contributed by atoms with Crippen LogP contribution < -0.4 is 10.5 Å². The van der Waals surface area contributed by atoms with Crippen LogP contribution in [0.25, 0.3) is 0 Å². The van der Waals surface area contributed by atoms with E-state index >= 15 is 0 Å². The molecule has 0 saturated heterocycles. The predicted molar refractivity (Wildman–Crippen MR) is 89.9 cm³/mol. The summed E-state index contributed by atoms with van der Waals surface area (Å²) in [6.07, 6.45) is 0.336. The van der Waals surface area contributed by atoms with Crippen molar-refractivity contribution in [2.24, 2.45) is 5.73 Å². The Bertz CT molecular complexity index is 604. The average molecular weight is 417 g/mol. The minimum Gasteiger partial charge on any atom is -0.481 e. The van der Waals surface area contributed by atoms with Crippen LogP contribution in [0.3, 0.4) is 0 Å². The summed E-state index contributed by atoms with van der Waals surface area (Å²) >= 11 is 6.72. The highest BCUT2D eigenvalue weighted by Gasteiger charge is 2.22. The highest BCUT2D eigenvalue weighted by molar-refractivity contribution is 9.10. The molecule has 0 aliphatic rings. The molecule has 0 saturated carbocycles. The average Bonchev–Trinajstić information content (AvgIpc) is 2.48. The summed E-state index contributed by atoms with van der Waals surface area (Å²) in [6.45, 7) is 1.98. The Balaban J connectivity index is 2.32. The second-order valence-electron chi connectivity index (χ2n) is 4.74. The molecule has 0 radical (unpaired) electrons. The standard InChI is InChI=1S/C16H16Br2FNO/c1-2-14(20)16(10-3-5-11(17)6-4-10)21-15-9-12(18)7-8-13(15)19/h3-9,14,16H,2,20H2,1H3. The molecule has 2 atom stereocenters. The van der Waals surface area contributed by atoms with Crippen molar-refractivity contribution in [2.75, 3.05) is 0 Å². The molecule has 5 heteroatoms. The lowest BCUT2D eigenvalue weighted by Crippen LogP contribution is -2.31. The highest BCUT2D eigenvalue weighted by atomic mass is 79.9. The summed E-state index contributed by atoms with van der Waals surface area (Å²) in [4.78, 5) is 0. The van der Waals surface area contributed by atoms with Crippen LogP contribution in [0.4, 0.5) is 4.39 Å². The van der Waals surface area contributed by atoms with E-state index in [1.807, 2.05) is 31.2 Å². The highest BCUT2D eigenvalue weighted by Crippen LogP contribution is 2.30. The maximum absolute atomic E-state index is 13.9. The molecule has 0 amide bonds. The fraction of sp³-hybridized carbons (Fsp3) is 0.250. The Hall–Kier alpha value is -0.910. The fourth-order valence-electron chi connectivity index (χ4n) is 1.97. The van der Waals surface area contributed by atoms with Crippen LogP contribution in [0.1, 0.15) is 25.0 Å². The van der Waals surface area contributed by atoms with Gasteiger partial charge in [0.25, 0.3) is 0 Å². The minimum absolute atomic E-state index is 0.196. The van der Waals surface area contributed by atoms with Gasteiger partial charge in [0.05, 0.1) is 0 Å². The molecule has 2 rings (SSSR count). The first kappa shape index (κ1) is 16.5. The molecule has 2 unspecified atom stereocenters. The zero-order valence-electron chi connectivity index (χ0n) is 11.5. The van der Waals surface area contributed by atoms with Crippen LogP contribution in [0.15, 0.2) is 51.4 Å². The number of hydrogen-bond acceptors (Lipinski definition) is 2. The van der Waals surface area contributed by atoms with Gasteiger partial charge in [0, 0.05) is 15.0 Å². The lowest BCUT2D eigenvalue weighted by molar-refractivity contribution is 0.163. The third-order valence-corrected chi connectivity index (χ3v) is 4.23. The minimum atomic E-state index is -0.399. The number of rotatable bonds is 5. The van der Waals surface area contributed by atoms with E-state index in [4.69, 9.17) is 10.5 Å². The van der Waals surface area contributed by atoms with Gasteiger partial charge in [0.1, 0.15) is 6.10 Å². The monoisotopic (exact) mass is 415 g/mol. The molecule has 0 aliphatic carbocycles. The van der Waals surface area contributed by atoms with Crippen LogP contribution >= 0.6 is 31.9 Å². The second-order valence-corrected chi connectivity index (χ2v) is 6.57. The van der Waals surface area contributed by atoms with E-state index in [9.17, 15) is 4.39 Å². The summed E-state index contributed by atoms with van der Waals surface area (Å²) in [6, 6.07) is 12.1. The number of halogens is 3. The second kappa shape index (κ2) is 7.38. The molecular formula is C16H16Br2FNO. The first-order valence-corrected chi connectivity index (χ1v) is 8.22. The van der Waals surface area contributed by atoms with Gasteiger partial charge in [-0.15, -0.1) is 0 Å². The van der Waals surface area contributed by atoms with E-state index in [0.29, 0.717) is 0 Å². The number of hydrogen-bond donors (Lipinski definition) is 1. The summed E-state index contributed by atoms with van der Waals surface area (Å²) in [5.74, 6) is -0.204. The Morgan fingerprint density at radius 1 is 1.10 bits per heavy atom. The van der Waals surface area contributed by atoms with E-state index in [2.05, 4.69) is 31.9 Å². The van der Waals surface area contributed by atoms with Gasteiger partial charge in [-0.25, -0.2) is 4.39 Å². The van der Waals surface area contributed by atoms with Crippen LogP contribution in [0.5, 0.6) is 5.75 Å². The molecule has 2 nitrogen and oxygen atoms in total. The van der Waals surface area contributed by atoms with Crippen molar-refractivity contribution in [3.63, 3.8) is 0 Å². The van der Waals surface area contributed by atoms with Gasteiger partial charge >= 0.3 is 0 Å². The lowest BCUT2D eigenvalue weighted by atomic mass is 10.0. The van der Waals surface area contributed by atoms with E-state index in [1.165, 1.54) is 6.07 Å². The van der Waals surface area contributed by atoms with E-state index < -0.39 is 11.9 Å². The molecule has 21 heavy (non-hydrogen) atoms. The van der Waals surface area contributed by atoms with Crippen LogP contribution in [-0.2, 0) is 0 Å². The molecular weight excluding hydrogens is 401 g/mol. The Morgan fingerprint density at radius 3 is 2.33 bits per heavy atom. The van der Waals surface area contributed by atoms with Crippen LogP contribution in [-0.4, -0.2) is 6.04 Å². The summed E-state index contributed by atoms with van der Waals surface area (Å²) < 4.78 is 21.5. The third-order valence-electron chi connectivity index (χ3n) is 3.21. The number of nitrogens with two attached hydrogens (primary N) is 1. The van der Waals surface area contributed by atoms with Gasteiger partial charge in [-0.2, -0.15) is 0 Å². The first-order chi connectivity index (χ1) is 10.0. The van der Waals surface area contributed by atoms with Crippen molar-refractivity contribution >= 4 is 31.9 Å². The van der Waals surface area contributed by atoms with Gasteiger partial charge in [-0.1, -0.05) is 50.9 Å². The maximum atomic E-state index is 13.9. The normalized spacial score (nSPS) is 13.8. The van der Waals surface area contributed by atoms with Crippen LogP contribution in [0, 0.1) is 5.82 Å². The Labute approximate surface area is 140 Å². The van der Waals surface area contributed by atoms with Gasteiger partial charge in [0.2, 0.25) is 0 Å². The third kappa shape index (κ3) is 4.28. The van der Waals surface area contributed by atoms with Crippen molar-refractivity contribution in [3.8, 4) is 5.75 Å².